The molecule has 35 heavy (non-hydrogen) atoms. The molecule has 2 aliphatic rings. The van der Waals surface area contributed by atoms with Gasteiger partial charge in [-0.25, -0.2) is 19.0 Å². The molecule has 0 atom stereocenters. The van der Waals surface area contributed by atoms with E-state index in [0.29, 0.717) is 49.0 Å². The predicted octanol–water partition coefficient (Wildman–Crippen LogP) is 0.559. The monoisotopic (exact) mass is 483 g/mol. The number of benzene rings is 1. The van der Waals surface area contributed by atoms with Crippen LogP contribution in [0.4, 0.5) is 4.39 Å². The maximum Gasteiger partial charge on any atom is 0.296 e. The maximum absolute atomic E-state index is 14.0. The van der Waals surface area contributed by atoms with Crippen molar-refractivity contribution in [2.45, 2.75) is 38.3 Å². The zero-order valence-corrected chi connectivity index (χ0v) is 19.3. The van der Waals surface area contributed by atoms with Gasteiger partial charge in [-0.15, -0.1) is 0 Å². The van der Waals surface area contributed by atoms with Crippen molar-refractivity contribution in [2.75, 3.05) is 26.3 Å². The van der Waals surface area contributed by atoms with E-state index in [1.807, 2.05) is 0 Å². The number of carbonyl (C=O) groups is 1. The lowest BCUT2D eigenvalue weighted by atomic mass is 9.78. The molecule has 5 rings (SSSR count). The first-order valence-electron chi connectivity index (χ1n) is 11.5. The first kappa shape index (κ1) is 23.1. The number of rotatable bonds is 4. The van der Waals surface area contributed by atoms with Crippen LogP contribution in [0.5, 0.6) is 5.75 Å². The molecular formula is C23H26FN7O4. The van der Waals surface area contributed by atoms with Crippen molar-refractivity contribution in [2.24, 2.45) is 0 Å². The van der Waals surface area contributed by atoms with E-state index >= 15 is 0 Å². The number of amides is 1. The fraction of sp³-hybridized carbons (Fsp3) is 0.435. The van der Waals surface area contributed by atoms with Gasteiger partial charge in [0.2, 0.25) is 5.75 Å². The molecule has 2 aromatic heterocycles. The fourth-order valence-corrected chi connectivity index (χ4v) is 4.76. The summed E-state index contributed by atoms with van der Waals surface area (Å²) in [7, 11) is 0. The molecule has 0 unspecified atom stereocenters. The molecule has 184 valence electrons. The van der Waals surface area contributed by atoms with E-state index < -0.39 is 28.4 Å². The fourth-order valence-electron chi connectivity index (χ4n) is 4.76. The van der Waals surface area contributed by atoms with E-state index in [-0.39, 0.29) is 18.8 Å². The standard InChI is InChI=1S/C23H26FN7O4/c1-14-27-13-28-31(14)17-10-16(24)3-2-15(17)11-26-20(33)18-19(32)21(34)30-8-9-35-12-23(22(30)29-18)4-6-25-7-5-23/h2-3,10,13,25,32H,4-9,11-12H2,1H3,(H,26,33). The number of carbonyl (C=O) groups excluding carboxylic acids is 1. The first-order chi connectivity index (χ1) is 16.9. The Labute approximate surface area is 200 Å². The molecule has 11 nitrogen and oxygen atoms in total. The van der Waals surface area contributed by atoms with Crippen molar-refractivity contribution in [3.05, 3.63) is 63.6 Å². The maximum atomic E-state index is 14.0. The molecule has 1 amide bonds. The molecule has 3 N–H and O–H groups in total. The summed E-state index contributed by atoms with van der Waals surface area (Å²) in [6, 6.07) is 4.11. The normalized spacial score (nSPS) is 17.1. The largest absolute Gasteiger partial charge is 0.501 e. The number of nitrogens with one attached hydrogen (secondary N) is 2. The van der Waals surface area contributed by atoms with E-state index in [2.05, 4.69) is 25.7 Å². The Hall–Kier alpha value is -3.64. The van der Waals surface area contributed by atoms with Gasteiger partial charge in [0, 0.05) is 6.54 Å². The third-order valence-electron chi connectivity index (χ3n) is 6.67. The van der Waals surface area contributed by atoms with Crippen molar-refractivity contribution >= 4 is 5.91 Å². The van der Waals surface area contributed by atoms with Crippen LogP contribution in [-0.4, -0.2) is 61.6 Å². The minimum absolute atomic E-state index is 0.00847. The van der Waals surface area contributed by atoms with Crippen LogP contribution in [0.3, 0.4) is 0 Å². The predicted molar refractivity (Wildman–Crippen MR) is 122 cm³/mol. The summed E-state index contributed by atoms with van der Waals surface area (Å²) < 4.78 is 22.6. The number of nitrogens with zero attached hydrogens (tertiary/aromatic N) is 5. The third kappa shape index (κ3) is 4.19. The van der Waals surface area contributed by atoms with Gasteiger partial charge >= 0.3 is 0 Å². The number of fused-ring (bicyclic) bond motifs is 2. The average Bonchev–Trinajstić information content (AvgIpc) is 3.21. The number of aromatic nitrogens is 5. The van der Waals surface area contributed by atoms with Crippen molar-refractivity contribution in [1.82, 2.24) is 34.9 Å². The number of halogens is 1. The lowest BCUT2D eigenvalue weighted by Crippen LogP contribution is -2.46. The van der Waals surface area contributed by atoms with Gasteiger partial charge in [-0.1, -0.05) is 6.07 Å². The van der Waals surface area contributed by atoms with E-state index in [0.717, 1.165) is 13.1 Å². The van der Waals surface area contributed by atoms with Crippen LogP contribution >= 0.6 is 0 Å². The first-order valence-corrected chi connectivity index (χ1v) is 11.5. The Morgan fingerprint density at radius 1 is 1.34 bits per heavy atom. The second-order valence-corrected chi connectivity index (χ2v) is 8.85. The van der Waals surface area contributed by atoms with Gasteiger partial charge in [0.05, 0.1) is 30.9 Å². The highest BCUT2D eigenvalue weighted by Gasteiger charge is 2.41. The summed E-state index contributed by atoms with van der Waals surface area (Å²) >= 11 is 0. The lowest BCUT2D eigenvalue weighted by molar-refractivity contribution is 0.0754. The molecule has 4 heterocycles. The zero-order chi connectivity index (χ0) is 24.6. The van der Waals surface area contributed by atoms with Gasteiger partial charge < -0.3 is 20.5 Å². The van der Waals surface area contributed by atoms with Gasteiger partial charge in [-0.05, 0) is 50.6 Å². The topological polar surface area (TPSA) is 136 Å². The lowest BCUT2D eigenvalue weighted by Gasteiger charge is -2.36. The molecule has 0 aliphatic carbocycles. The van der Waals surface area contributed by atoms with Crippen LogP contribution < -0.4 is 16.2 Å². The molecule has 0 saturated carbocycles. The second-order valence-electron chi connectivity index (χ2n) is 8.85. The minimum Gasteiger partial charge on any atom is -0.501 e. The Bertz CT molecular complexity index is 1330. The Morgan fingerprint density at radius 2 is 2.14 bits per heavy atom. The molecule has 0 bridgehead atoms. The van der Waals surface area contributed by atoms with Crippen molar-refractivity contribution in [3.8, 4) is 11.4 Å². The van der Waals surface area contributed by atoms with Gasteiger partial charge in [0.15, 0.2) is 5.69 Å². The Balaban J connectivity index is 1.47. The van der Waals surface area contributed by atoms with Gasteiger partial charge in [0.25, 0.3) is 11.5 Å². The van der Waals surface area contributed by atoms with Crippen LogP contribution in [0.1, 0.15) is 40.5 Å². The van der Waals surface area contributed by atoms with E-state index in [1.165, 1.54) is 33.8 Å². The molecule has 1 saturated heterocycles. The molecule has 1 fully saturated rings. The van der Waals surface area contributed by atoms with Gasteiger partial charge in [-0.2, -0.15) is 5.10 Å². The van der Waals surface area contributed by atoms with E-state index in [9.17, 15) is 19.1 Å². The Morgan fingerprint density at radius 3 is 2.89 bits per heavy atom. The molecule has 3 aromatic rings. The van der Waals surface area contributed by atoms with Crippen molar-refractivity contribution in [1.29, 1.82) is 0 Å². The highest BCUT2D eigenvalue weighted by Crippen LogP contribution is 2.34. The molecule has 2 aliphatic heterocycles. The average molecular weight is 484 g/mol. The van der Waals surface area contributed by atoms with Crippen LogP contribution in [0.2, 0.25) is 0 Å². The SMILES string of the molecule is Cc1ncnn1-c1cc(F)ccc1CNC(=O)c1nc2n(c(=O)c1O)CCOCC21CCNCC1. The number of ether oxygens (including phenoxy) is 1. The Kier molecular flexibility index (Phi) is 6.07. The summed E-state index contributed by atoms with van der Waals surface area (Å²) in [5.74, 6) is -0.856. The van der Waals surface area contributed by atoms with Crippen molar-refractivity contribution < 1.29 is 19.0 Å². The summed E-state index contributed by atoms with van der Waals surface area (Å²) in [6.07, 6.45) is 2.75. The molecule has 1 aromatic carbocycles. The third-order valence-corrected chi connectivity index (χ3v) is 6.67. The van der Waals surface area contributed by atoms with Crippen LogP contribution in [0.15, 0.2) is 29.3 Å². The number of aryl methyl sites for hydroxylation is 1. The number of aromatic hydroxyl groups is 1. The molecule has 12 heteroatoms. The van der Waals surface area contributed by atoms with E-state index in [4.69, 9.17) is 4.74 Å². The minimum atomic E-state index is -0.706. The highest BCUT2D eigenvalue weighted by molar-refractivity contribution is 5.94. The zero-order valence-electron chi connectivity index (χ0n) is 19.3. The molecular weight excluding hydrogens is 457 g/mol. The molecule has 1 spiro atoms. The second kappa shape index (κ2) is 9.19. The van der Waals surface area contributed by atoms with E-state index in [1.54, 1.807) is 6.92 Å². The van der Waals surface area contributed by atoms with Crippen LogP contribution in [-0.2, 0) is 23.2 Å². The van der Waals surface area contributed by atoms with Crippen LogP contribution in [0.25, 0.3) is 5.69 Å². The van der Waals surface area contributed by atoms with Gasteiger partial charge in [-0.3, -0.25) is 14.2 Å². The molecule has 0 radical (unpaired) electrons. The summed E-state index contributed by atoms with van der Waals surface area (Å²) in [5, 5.41) is 20.7. The number of hydrogen-bond donors (Lipinski definition) is 3. The van der Waals surface area contributed by atoms with Crippen molar-refractivity contribution in [3.63, 3.8) is 0 Å². The summed E-state index contributed by atoms with van der Waals surface area (Å²) in [5.41, 5.74) is -0.517. The highest BCUT2D eigenvalue weighted by atomic mass is 19.1. The summed E-state index contributed by atoms with van der Waals surface area (Å²) in [6.45, 7) is 4.15. The smallest absolute Gasteiger partial charge is 0.296 e. The number of piperidine rings is 1. The van der Waals surface area contributed by atoms with Crippen LogP contribution in [0, 0.1) is 12.7 Å². The summed E-state index contributed by atoms with van der Waals surface area (Å²) in [4.78, 5) is 34.8. The quantitative estimate of drug-likeness (QED) is 0.490. The van der Waals surface area contributed by atoms with Gasteiger partial charge in [0.1, 0.15) is 23.8 Å². The number of hydrogen-bond acceptors (Lipinski definition) is 8.